The summed E-state index contributed by atoms with van der Waals surface area (Å²) in [7, 11) is -2.58. The molecule has 0 aliphatic heterocycles. The van der Waals surface area contributed by atoms with Gasteiger partial charge in [0.15, 0.2) is 5.21 Å². The Morgan fingerprint density at radius 1 is 1.44 bits per heavy atom. The first-order valence-corrected chi connectivity index (χ1v) is 6.26. The second-order valence-corrected chi connectivity index (χ2v) is 4.92. The molecule has 1 aromatic carbocycles. The largest absolute Gasteiger partial charge is 0.465 e. The highest BCUT2D eigenvalue weighted by Crippen LogP contribution is 2.16. The van der Waals surface area contributed by atoms with Crippen LogP contribution in [-0.2, 0) is 14.9 Å². The lowest BCUT2D eigenvalue weighted by atomic mass is 10.2. The summed E-state index contributed by atoms with van der Waals surface area (Å²) >= 11 is 5.17. The van der Waals surface area contributed by atoms with Crippen LogP contribution in [0.5, 0.6) is 5.75 Å². The molecule has 0 atom stereocenters. The fourth-order valence-electron chi connectivity index (χ4n) is 0.962. The Morgan fingerprint density at radius 3 is 2.69 bits per heavy atom. The van der Waals surface area contributed by atoms with E-state index in [1.165, 1.54) is 31.4 Å². The smallest absolute Gasteiger partial charge is 0.337 e. The molecule has 1 rings (SSSR count). The highest BCUT2D eigenvalue weighted by atomic mass is 35.5. The number of rotatable bonds is 4. The maximum absolute atomic E-state index is 11.1. The maximum Gasteiger partial charge on any atom is 0.337 e. The quantitative estimate of drug-likeness (QED) is 0.467. The number of methoxy groups -OCH3 is 1. The molecule has 0 fully saturated rings. The van der Waals surface area contributed by atoms with Crippen LogP contribution in [-0.4, -0.2) is 26.7 Å². The minimum Gasteiger partial charge on any atom is -0.465 e. The van der Waals surface area contributed by atoms with Gasteiger partial charge in [-0.2, -0.15) is 8.42 Å². The summed E-state index contributed by atoms with van der Waals surface area (Å²) in [6.45, 7) is 0. The second kappa shape index (κ2) is 5.18. The first kappa shape index (κ1) is 12.8. The van der Waals surface area contributed by atoms with Gasteiger partial charge in [-0.15, -0.1) is 11.6 Å². The van der Waals surface area contributed by atoms with Gasteiger partial charge in [0.25, 0.3) is 0 Å². The van der Waals surface area contributed by atoms with E-state index in [0.717, 1.165) is 0 Å². The first-order chi connectivity index (χ1) is 7.48. The average molecular weight is 265 g/mol. The number of halogens is 1. The zero-order chi connectivity index (χ0) is 12.2. The van der Waals surface area contributed by atoms with E-state index in [1.807, 2.05) is 0 Å². The highest BCUT2D eigenvalue weighted by Gasteiger charge is 2.12. The molecule has 16 heavy (non-hydrogen) atoms. The van der Waals surface area contributed by atoms with Gasteiger partial charge < -0.3 is 8.92 Å². The van der Waals surface area contributed by atoms with Crippen LogP contribution in [0, 0.1) is 0 Å². The Morgan fingerprint density at radius 2 is 2.12 bits per heavy atom. The standard InChI is InChI=1S/C9H9ClO5S/c1-14-9(11)7-3-2-4-8(5-7)15-16(12,13)6-10/h2-5H,6H2,1H3. The summed E-state index contributed by atoms with van der Waals surface area (Å²) in [6.07, 6.45) is 0. The van der Waals surface area contributed by atoms with Crippen molar-refractivity contribution in [3.8, 4) is 5.75 Å². The summed E-state index contributed by atoms with van der Waals surface area (Å²) in [6, 6.07) is 5.61. The molecular weight excluding hydrogens is 256 g/mol. The number of alkyl halides is 1. The van der Waals surface area contributed by atoms with Crippen LogP contribution in [0.3, 0.4) is 0 Å². The highest BCUT2D eigenvalue weighted by molar-refractivity contribution is 7.88. The van der Waals surface area contributed by atoms with Crippen molar-refractivity contribution in [2.75, 3.05) is 12.3 Å². The topological polar surface area (TPSA) is 69.7 Å². The lowest BCUT2D eigenvalue weighted by Gasteiger charge is -2.05. The van der Waals surface area contributed by atoms with Crippen LogP contribution in [0.15, 0.2) is 24.3 Å². The average Bonchev–Trinajstić information content (AvgIpc) is 2.28. The molecule has 0 N–H and O–H groups in total. The van der Waals surface area contributed by atoms with Crippen molar-refractivity contribution < 1.29 is 22.1 Å². The minimum absolute atomic E-state index is 0.0172. The van der Waals surface area contributed by atoms with Crippen LogP contribution in [0.2, 0.25) is 0 Å². The molecule has 88 valence electrons. The van der Waals surface area contributed by atoms with Crippen molar-refractivity contribution in [1.82, 2.24) is 0 Å². The molecule has 0 aliphatic rings. The molecule has 0 aliphatic carbocycles. The van der Waals surface area contributed by atoms with Crippen LogP contribution in [0.4, 0.5) is 0 Å². The molecule has 0 aromatic heterocycles. The molecule has 0 bridgehead atoms. The van der Waals surface area contributed by atoms with E-state index in [4.69, 9.17) is 11.6 Å². The lowest BCUT2D eigenvalue weighted by Crippen LogP contribution is -2.10. The fourth-order valence-corrected chi connectivity index (χ4v) is 1.54. The number of ether oxygens (including phenoxy) is 1. The Balaban J connectivity index is 2.96. The van der Waals surface area contributed by atoms with Gasteiger partial charge in [0.05, 0.1) is 12.7 Å². The molecule has 7 heteroatoms. The van der Waals surface area contributed by atoms with Gasteiger partial charge >= 0.3 is 16.1 Å². The number of hydrogen-bond acceptors (Lipinski definition) is 5. The van der Waals surface area contributed by atoms with Crippen molar-refractivity contribution in [3.05, 3.63) is 29.8 Å². The monoisotopic (exact) mass is 264 g/mol. The number of benzene rings is 1. The van der Waals surface area contributed by atoms with E-state index in [2.05, 4.69) is 8.92 Å². The molecule has 0 amide bonds. The number of carbonyl (C=O) groups excluding carboxylic acids is 1. The first-order valence-electron chi connectivity index (χ1n) is 4.15. The van der Waals surface area contributed by atoms with Gasteiger partial charge in [-0.05, 0) is 18.2 Å². The maximum atomic E-state index is 11.1. The van der Waals surface area contributed by atoms with E-state index >= 15 is 0 Å². The van der Waals surface area contributed by atoms with Crippen LogP contribution < -0.4 is 4.18 Å². The molecule has 0 saturated carbocycles. The number of esters is 1. The number of carbonyl (C=O) groups is 1. The molecule has 0 unspecified atom stereocenters. The SMILES string of the molecule is COC(=O)c1cccc(OS(=O)(=O)CCl)c1. The molecule has 0 saturated heterocycles. The second-order valence-electron chi connectivity index (χ2n) is 2.77. The Labute approximate surface area is 98.1 Å². The van der Waals surface area contributed by atoms with E-state index in [0.29, 0.717) is 0 Å². The van der Waals surface area contributed by atoms with Crippen molar-refractivity contribution in [2.24, 2.45) is 0 Å². The summed E-state index contributed by atoms with van der Waals surface area (Å²) < 4.78 is 31.2. The van der Waals surface area contributed by atoms with Gasteiger partial charge in [-0.25, -0.2) is 4.79 Å². The molecule has 0 radical (unpaired) electrons. The lowest BCUT2D eigenvalue weighted by molar-refractivity contribution is 0.0600. The van der Waals surface area contributed by atoms with Crippen LogP contribution in [0.1, 0.15) is 10.4 Å². The van der Waals surface area contributed by atoms with E-state index in [9.17, 15) is 13.2 Å². The molecule has 0 spiro atoms. The Kier molecular flexibility index (Phi) is 4.14. The van der Waals surface area contributed by atoms with Gasteiger partial charge in [-0.1, -0.05) is 6.07 Å². The predicted octanol–water partition coefficient (Wildman–Crippen LogP) is 1.38. The zero-order valence-electron chi connectivity index (χ0n) is 8.34. The molecule has 0 heterocycles. The summed E-state index contributed by atoms with van der Waals surface area (Å²) in [4.78, 5) is 11.1. The van der Waals surface area contributed by atoms with Gasteiger partial charge in [0.2, 0.25) is 0 Å². The summed E-state index contributed by atoms with van der Waals surface area (Å²) in [5.74, 6) is -0.558. The third kappa shape index (κ3) is 3.39. The van der Waals surface area contributed by atoms with Gasteiger partial charge in [-0.3, -0.25) is 0 Å². The third-order valence-electron chi connectivity index (χ3n) is 1.61. The van der Waals surface area contributed by atoms with Crippen LogP contribution >= 0.6 is 11.6 Å². The summed E-state index contributed by atoms with van der Waals surface area (Å²) in [5.41, 5.74) is 0.199. The Hall–Kier alpha value is -1.27. The van der Waals surface area contributed by atoms with E-state index < -0.39 is 21.3 Å². The number of hydrogen-bond donors (Lipinski definition) is 0. The van der Waals surface area contributed by atoms with Gasteiger partial charge in [0.1, 0.15) is 5.75 Å². The Bertz CT molecular complexity index is 482. The molecular formula is C9H9ClO5S. The third-order valence-corrected chi connectivity index (χ3v) is 3.13. The summed E-state index contributed by atoms with van der Waals surface area (Å²) in [5, 5.41) is -0.657. The minimum atomic E-state index is -3.81. The van der Waals surface area contributed by atoms with Crippen molar-refractivity contribution in [1.29, 1.82) is 0 Å². The van der Waals surface area contributed by atoms with Gasteiger partial charge in [0, 0.05) is 0 Å². The zero-order valence-corrected chi connectivity index (χ0v) is 9.92. The fraction of sp³-hybridized carbons (Fsp3) is 0.222. The van der Waals surface area contributed by atoms with Crippen LogP contribution in [0.25, 0.3) is 0 Å². The van der Waals surface area contributed by atoms with Crippen molar-refractivity contribution in [3.63, 3.8) is 0 Å². The van der Waals surface area contributed by atoms with E-state index in [-0.39, 0.29) is 11.3 Å². The van der Waals surface area contributed by atoms with Crippen molar-refractivity contribution in [2.45, 2.75) is 0 Å². The van der Waals surface area contributed by atoms with E-state index in [1.54, 1.807) is 0 Å². The molecule has 5 nitrogen and oxygen atoms in total. The van der Waals surface area contributed by atoms with Crippen molar-refractivity contribution >= 4 is 27.7 Å². The normalized spacial score (nSPS) is 10.9. The predicted molar refractivity (Wildman–Crippen MR) is 58.0 cm³/mol. The molecule has 1 aromatic rings.